The van der Waals surface area contributed by atoms with Crippen LogP contribution in [-0.4, -0.2) is 95.5 Å². The van der Waals surface area contributed by atoms with Gasteiger partial charge >= 0.3 is 36.4 Å². The number of hydrogen-bond donors (Lipinski definition) is 5. The summed E-state index contributed by atoms with van der Waals surface area (Å²) in [5.74, 6) is -1.03. The smallest absolute Gasteiger partial charge is 0.411 e. The molecule has 0 radical (unpaired) electrons. The van der Waals surface area contributed by atoms with Crippen molar-refractivity contribution in [1.29, 1.82) is 0 Å². The summed E-state index contributed by atoms with van der Waals surface area (Å²) in [7, 11) is 0. The fraction of sp³-hybridized carbons (Fsp3) is 0.467. The Bertz CT molecular complexity index is 869. The molecule has 0 aliphatic carbocycles. The molecule has 21 nitrogen and oxygen atoms in total. The molecule has 0 rings (SSSR count). The summed E-state index contributed by atoms with van der Waals surface area (Å²) in [4.78, 5) is 93.0. The molecule has 0 aliphatic heterocycles. The number of ether oxygens (including phenoxy) is 6. The molecule has 0 atom stereocenters. The molecule has 5 amide bonds. The Morgan fingerprint density at radius 2 is 0.889 bits per heavy atom. The highest BCUT2D eigenvalue weighted by Crippen LogP contribution is 1.86. The number of hydrogen-bond acceptors (Lipinski definition) is 16. The summed E-state index contributed by atoms with van der Waals surface area (Å²) in [5.41, 5.74) is 0. The number of alkyl carbamates (subject to hydrolysis) is 5. The van der Waals surface area contributed by atoms with E-state index >= 15 is 0 Å². The third-order valence-electron chi connectivity index (χ3n) is 2.75. The first-order valence-electron chi connectivity index (χ1n) is 9.04. The summed E-state index contributed by atoms with van der Waals surface area (Å²) >= 11 is 0. The maximum Gasteiger partial charge on any atom is 0.411 e. The van der Waals surface area contributed by atoms with E-state index < -0.39 is 70.0 Å². The first-order valence-corrected chi connectivity index (χ1v) is 9.04. The van der Waals surface area contributed by atoms with Gasteiger partial charge in [-0.2, -0.15) is 9.98 Å². The second-order valence-electron chi connectivity index (χ2n) is 5.08. The van der Waals surface area contributed by atoms with Gasteiger partial charge in [0.05, 0.1) is 6.67 Å². The van der Waals surface area contributed by atoms with Crippen LogP contribution in [0.1, 0.15) is 0 Å². The normalized spacial score (nSPS) is 8.89. The van der Waals surface area contributed by atoms with Crippen LogP contribution in [0, 0.1) is 0 Å². The van der Waals surface area contributed by atoms with Gasteiger partial charge in [0, 0.05) is 0 Å². The second kappa shape index (κ2) is 20.2. The zero-order chi connectivity index (χ0) is 27.0. The van der Waals surface area contributed by atoms with Crippen LogP contribution >= 0.6 is 0 Å². The van der Waals surface area contributed by atoms with Gasteiger partial charge in [0.15, 0.2) is 0 Å². The zero-order valence-electron chi connectivity index (χ0n) is 18.1. The molecule has 21 heteroatoms. The van der Waals surface area contributed by atoms with E-state index in [0.29, 0.717) is 0 Å². The molecule has 36 heavy (non-hydrogen) atoms. The molecule has 0 spiro atoms. The van der Waals surface area contributed by atoms with Gasteiger partial charge in [0.1, 0.15) is 19.9 Å². The van der Waals surface area contributed by atoms with Crippen molar-refractivity contribution in [2.24, 2.45) is 9.98 Å². The van der Waals surface area contributed by atoms with Crippen LogP contribution in [-0.2, 0) is 42.8 Å². The lowest BCUT2D eigenvalue weighted by molar-refractivity contribution is -0.150. The van der Waals surface area contributed by atoms with Crippen molar-refractivity contribution in [3.63, 3.8) is 0 Å². The van der Waals surface area contributed by atoms with Crippen molar-refractivity contribution in [2.45, 2.75) is 0 Å². The number of nitrogens with zero attached hydrogens (tertiary/aromatic N) is 2. The number of aliphatic imine (C=N–C) groups is 2. The van der Waals surface area contributed by atoms with Gasteiger partial charge in [0.2, 0.25) is 32.5 Å². The first kappa shape index (κ1) is 30.6. The number of carbonyl (C=O) groups is 6. The Morgan fingerprint density at radius 3 is 1.31 bits per heavy atom. The van der Waals surface area contributed by atoms with Gasteiger partial charge in [-0.15, -0.1) is 0 Å². The van der Waals surface area contributed by atoms with Crippen molar-refractivity contribution < 1.29 is 66.8 Å². The molecule has 0 aromatic heterocycles. The number of isocyanates is 2. The summed E-state index contributed by atoms with van der Waals surface area (Å²) < 4.78 is 26.5. The van der Waals surface area contributed by atoms with Crippen LogP contribution in [0.5, 0.6) is 0 Å². The van der Waals surface area contributed by atoms with Crippen LogP contribution in [0.25, 0.3) is 0 Å². The molecule has 0 aromatic rings. The van der Waals surface area contributed by atoms with Crippen LogP contribution in [0.3, 0.4) is 0 Å². The highest BCUT2D eigenvalue weighted by atomic mass is 16.7. The molecular weight excluding hydrogens is 502 g/mol. The lowest BCUT2D eigenvalue weighted by Gasteiger charge is -2.10. The summed E-state index contributed by atoms with van der Waals surface area (Å²) in [6, 6.07) is 0. The van der Waals surface area contributed by atoms with Crippen molar-refractivity contribution in [3.05, 3.63) is 0 Å². The summed E-state index contributed by atoms with van der Waals surface area (Å²) in [6.07, 6.45) is -3.09. The van der Waals surface area contributed by atoms with Gasteiger partial charge in [0.25, 0.3) is 0 Å². The van der Waals surface area contributed by atoms with E-state index in [1.165, 1.54) is 6.08 Å². The van der Waals surface area contributed by atoms with E-state index in [9.17, 15) is 38.4 Å². The molecule has 0 aromatic carbocycles. The molecule has 198 valence electrons. The van der Waals surface area contributed by atoms with Crippen LogP contribution in [0.2, 0.25) is 0 Å². The van der Waals surface area contributed by atoms with Crippen LogP contribution in [0.4, 0.5) is 24.0 Å². The Morgan fingerprint density at radius 1 is 0.528 bits per heavy atom. The Hall–Kier alpha value is -5.42. The van der Waals surface area contributed by atoms with E-state index in [4.69, 9.17) is 0 Å². The number of rotatable bonds is 14. The predicted octanol–water partition coefficient (Wildman–Crippen LogP) is -2.42. The third-order valence-corrected chi connectivity index (χ3v) is 2.75. The molecule has 0 saturated carbocycles. The average Bonchev–Trinajstić information content (AvgIpc) is 2.83. The molecule has 0 bridgehead atoms. The fourth-order valence-electron chi connectivity index (χ4n) is 1.33. The Kier molecular flexibility index (Phi) is 17.2. The number of esters is 1. The van der Waals surface area contributed by atoms with Gasteiger partial charge in [-0.1, -0.05) is 0 Å². The highest BCUT2D eigenvalue weighted by Gasteiger charge is 2.10. The molecule has 0 aliphatic rings. The molecule has 0 heterocycles. The van der Waals surface area contributed by atoms with Crippen molar-refractivity contribution in [2.75, 3.05) is 46.9 Å². The van der Waals surface area contributed by atoms with E-state index in [0.717, 1.165) is 6.08 Å². The van der Waals surface area contributed by atoms with Gasteiger partial charge in [-0.05, 0) is 0 Å². The number of amides is 5. The van der Waals surface area contributed by atoms with Crippen LogP contribution in [0.15, 0.2) is 9.98 Å². The lowest BCUT2D eigenvalue weighted by Crippen LogP contribution is -2.39. The largest absolute Gasteiger partial charge is 0.426 e. The van der Waals surface area contributed by atoms with Crippen molar-refractivity contribution >= 4 is 48.6 Å². The molecule has 5 N–H and O–H groups in total. The maximum absolute atomic E-state index is 11.4. The van der Waals surface area contributed by atoms with Gasteiger partial charge in [-0.3, -0.25) is 4.79 Å². The minimum absolute atomic E-state index is 0.377. The second-order valence-corrected chi connectivity index (χ2v) is 5.08. The van der Waals surface area contributed by atoms with E-state index in [1.54, 1.807) is 0 Å². The standard InChI is InChI=1S/C15H19N7O14/c23-5-16-2-19-12(27)34-8-33-11(26)18-1-10(25)31-7-32-14(29)21-4-22-15(30)36-9-35-13(28)20-3-17-6-24/h1-4,7-9H2,(H,18,26)(H,19,27)(H,20,28)(H,21,29)(H,22,30). The minimum atomic E-state index is -1.15. The molecular formula is C15H19N7O14. The summed E-state index contributed by atoms with van der Waals surface area (Å²) in [6.45, 7) is -4.39. The summed E-state index contributed by atoms with van der Waals surface area (Å²) in [5, 5.41) is 10.00. The molecule has 0 unspecified atom stereocenters. The SMILES string of the molecule is O=C=NCNC(=O)OCOC(=O)NCNC(=O)OCOC(=O)CNC(=O)OCOC(=O)NCN=C=O. The Labute approximate surface area is 199 Å². The van der Waals surface area contributed by atoms with E-state index in [-0.39, 0.29) is 13.3 Å². The van der Waals surface area contributed by atoms with E-state index in [2.05, 4.69) is 38.4 Å². The predicted molar refractivity (Wildman–Crippen MR) is 104 cm³/mol. The molecule has 0 fully saturated rings. The maximum atomic E-state index is 11.4. The topological polar surface area (TPSA) is 277 Å². The van der Waals surface area contributed by atoms with Gasteiger partial charge in [-0.25, -0.2) is 33.6 Å². The highest BCUT2D eigenvalue weighted by molar-refractivity contribution is 5.78. The van der Waals surface area contributed by atoms with Crippen LogP contribution < -0.4 is 26.6 Å². The number of nitrogens with one attached hydrogen (secondary N) is 5. The van der Waals surface area contributed by atoms with E-state index in [1.807, 2.05) is 26.6 Å². The third kappa shape index (κ3) is 19.3. The minimum Gasteiger partial charge on any atom is -0.426 e. The monoisotopic (exact) mass is 521 g/mol. The Balaban J connectivity index is 3.75. The lowest BCUT2D eigenvalue weighted by atomic mass is 10.6. The first-order chi connectivity index (χ1) is 17.3. The van der Waals surface area contributed by atoms with Crippen molar-refractivity contribution in [3.8, 4) is 0 Å². The average molecular weight is 521 g/mol. The quantitative estimate of drug-likeness (QED) is 0.0523. The molecule has 0 saturated heterocycles. The number of carbonyl (C=O) groups excluding carboxylic acids is 8. The van der Waals surface area contributed by atoms with Gasteiger partial charge < -0.3 is 55.0 Å². The fourth-order valence-corrected chi connectivity index (χ4v) is 1.33. The van der Waals surface area contributed by atoms with Crippen molar-refractivity contribution in [1.82, 2.24) is 26.6 Å². The zero-order valence-corrected chi connectivity index (χ0v) is 18.1.